The van der Waals surface area contributed by atoms with Crippen molar-refractivity contribution in [2.75, 3.05) is 0 Å². The molecule has 0 aliphatic rings. The number of para-hydroxylation sites is 1. The van der Waals surface area contributed by atoms with Gasteiger partial charge in [0.05, 0.1) is 10.8 Å². The molecule has 1 aromatic carbocycles. The summed E-state index contributed by atoms with van der Waals surface area (Å²) in [5.74, 6) is 0.359. The molecule has 0 spiro atoms. The van der Waals surface area contributed by atoms with Crippen LogP contribution in [0.1, 0.15) is 12.7 Å². The summed E-state index contributed by atoms with van der Waals surface area (Å²) in [5.41, 5.74) is 6.15. The van der Waals surface area contributed by atoms with Gasteiger partial charge in [0.1, 0.15) is 10.9 Å². The fourth-order valence-corrected chi connectivity index (χ4v) is 2.41. The summed E-state index contributed by atoms with van der Waals surface area (Å²) in [5, 5.41) is 1.46. The van der Waals surface area contributed by atoms with E-state index in [1.165, 1.54) is 11.8 Å². The Morgan fingerprint density at radius 3 is 2.76 bits per heavy atom. The molecule has 1 atom stereocenters. The van der Waals surface area contributed by atoms with E-state index < -0.39 is 0 Å². The molecule has 2 rings (SSSR count). The van der Waals surface area contributed by atoms with Crippen LogP contribution in [0.3, 0.4) is 0 Å². The zero-order chi connectivity index (χ0) is 12.4. The molecule has 5 heteroatoms. The molecule has 0 saturated heterocycles. The summed E-state index contributed by atoms with van der Waals surface area (Å²) in [6.07, 6.45) is 0. The number of benzene rings is 1. The van der Waals surface area contributed by atoms with Crippen LogP contribution in [0.4, 0.5) is 0 Å². The molecule has 2 N–H and O–H groups in total. The summed E-state index contributed by atoms with van der Waals surface area (Å²) in [7, 11) is 0. The Morgan fingerprint density at radius 1 is 1.35 bits per heavy atom. The smallest absolute Gasteiger partial charge is 0.230 e. The van der Waals surface area contributed by atoms with Gasteiger partial charge in [-0.25, -0.2) is 9.97 Å². The number of aryl methyl sites for hydroxylation is 1. The van der Waals surface area contributed by atoms with Crippen LogP contribution in [-0.2, 0) is 4.79 Å². The van der Waals surface area contributed by atoms with Crippen molar-refractivity contribution in [1.29, 1.82) is 0 Å². The number of primary amides is 1. The van der Waals surface area contributed by atoms with Gasteiger partial charge >= 0.3 is 0 Å². The molecule has 1 amide bonds. The third-order valence-corrected chi connectivity index (χ3v) is 3.49. The van der Waals surface area contributed by atoms with Gasteiger partial charge in [-0.15, -0.1) is 0 Å². The summed E-state index contributed by atoms with van der Waals surface area (Å²) in [4.78, 5) is 19.8. The Labute approximate surface area is 104 Å². The molecule has 1 unspecified atom stereocenters. The number of hydrogen-bond acceptors (Lipinski definition) is 4. The van der Waals surface area contributed by atoms with Gasteiger partial charge < -0.3 is 5.73 Å². The zero-order valence-corrected chi connectivity index (χ0v) is 10.5. The minimum absolute atomic E-state index is 0.298. The van der Waals surface area contributed by atoms with Crippen LogP contribution >= 0.6 is 11.8 Å². The monoisotopic (exact) mass is 247 g/mol. The number of hydrogen-bond donors (Lipinski definition) is 1. The number of carbonyl (C=O) groups is 1. The Hall–Kier alpha value is -1.62. The number of fused-ring (bicyclic) bond motifs is 1. The van der Waals surface area contributed by atoms with Crippen molar-refractivity contribution in [3.63, 3.8) is 0 Å². The standard InChI is InChI=1S/C12H13N3OS/c1-7(11(13)16)17-12-9-5-3-4-6-10(9)14-8(2)15-12/h3-7H,1-2H3,(H2,13,16). The fourth-order valence-electron chi connectivity index (χ4n) is 1.47. The topological polar surface area (TPSA) is 68.9 Å². The third kappa shape index (κ3) is 2.55. The van der Waals surface area contributed by atoms with Gasteiger partial charge in [0, 0.05) is 5.39 Å². The second-order valence-corrected chi connectivity index (χ2v) is 5.09. The molecule has 0 radical (unpaired) electrons. The minimum atomic E-state index is -0.338. The molecule has 0 bridgehead atoms. The number of aromatic nitrogens is 2. The van der Waals surface area contributed by atoms with Gasteiger partial charge in [-0.05, 0) is 19.9 Å². The number of nitrogens with two attached hydrogens (primary N) is 1. The summed E-state index contributed by atoms with van der Waals surface area (Å²) >= 11 is 1.37. The lowest BCUT2D eigenvalue weighted by Crippen LogP contribution is -2.22. The van der Waals surface area contributed by atoms with Crippen molar-refractivity contribution >= 4 is 28.6 Å². The van der Waals surface area contributed by atoms with E-state index in [-0.39, 0.29) is 11.2 Å². The van der Waals surface area contributed by atoms with Crippen molar-refractivity contribution in [2.45, 2.75) is 24.1 Å². The van der Waals surface area contributed by atoms with E-state index in [4.69, 9.17) is 5.73 Å². The molecule has 0 aliphatic carbocycles. The van der Waals surface area contributed by atoms with E-state index in [0.717, 1.165) is 15.9 Å². The summed E-state index contributed by atoms with van der Waals surface area (Å²) in [6, 6.07) is 7.74. The highest BCUT2D eigenvalue weighted by Crippen LogP contribution is 2.28. The Bertz CT molecular complexity index is 571. The maximum Gasteiger partial charge on any atom is 0.230 e. The predicted octanol–water partition coefficient (Wildman–Crippen LogP) is 1.90. The van der Waals surface area contributed by atoms with Crippen molar-refractivity contribution in [1.82, 2.24) is 9.97 Å². The minimum Gasteiger partial charge on any atom is -0.369 e. The highest BCUT2D eigenvalue weighted by molar-refractivity contribution is 8.00. The van der Waals surface area contributed by atoms with E-state index in [9.17, 15) is 4.79 Å². The van der Waals surface area contributed by atoms with Crippen LogP contribution in [0.15, 0.2) is 29.3 Å². The summed E-state index contributed by atoms with van der Waals surface area (Å²) in [6.45, 7) is 3.62. The number of nitrogens with zero attached hydrogens (tertiary/aromatic N) is 2. The number of thioether (sulfide) groups is 1. The Kier molecular flexibility index (Phi) is 3.28. The maximum absolute atomic E-state index is 11.1. The van der Waals surface area contributed by atoms with E-state index in [1.807, 2.05) is 31.2 Å². The molecular formula is C12H13N3OS. The second kappa shape index (κ2) is 4.71. The normalized spacial score (nSPS) is 12.6. The quantitative estimate of drug-likeness (QED) is 0.664. The van der Waals surface area contributed by atoms with E-state index >= 15 is 0 Å². The fraction of sp³-hybridized carbons (Fsp3) is 0.250. The van der Waals surface area contributed by atoms with Gasteiger partial charge in [-0.1, -0.05) is 30.0 Å². The van der Waals surface area contributed by atoms with Gasteiger partial charge in [-0.3, -0.25) is 4.79 Å². The van der Waals surface area contributed by atoms with Crippen molar-refractivity contribution in [3.8, 4) is 0 Å². The lowest BCUT2D eigenvalue weighted by atomic mass is 10.2. The third-order valence-electron chi connectivity index (χ3n) is 2.37. The molecule has 0 aliphatic heterocycles. The highest BCUT2D eigenvalue weighted by atomic mass is 32.2. The first-order valence-electron chi connectivity index (χ1n) is 5.27. The highest BCUT2D eigenvalue weighted by Gasteiger charge is 2.14. The van der Waals surface area contributed by atoms with Crippen LogP contribution in [0.25, 0.3) is 10.9 Å². The van der Waals surface area contributed by atoms with Crippen molar-refractivity contribution in [3.05, 3.63) is 30.1 Å². The van der Waals surface area contributed by atoms with Crippen LogP contribution in [0, 0.1) is 6.92 Å². The number of rotatable bonds is 3. The molecule has 4 nitrogen and oxygen atoms in total. The molecule has 1 heterocycles. The van der Waals surface area contributed by atoms with Crippen LogP contribution in [0.5, 0.6) is 0 Å². The maximum atomic E-state index is 11.1. The van der Waals surface area contributed by atoms with Crippen LogP contribution < -0.4 is 5.73 Å². The molecular weight excluding hydrogens is 234 g/mol. The predicted molar refractivity (Wildman–Crippen MR) is 68.8 cm³/mol. The Balaban J connectivity index is 2.49. The van der Waals surface area contributed by atoms with Crippen LogP contribution in [0.2, 0.25) is 0 Å². The Morgan fingerprint density at radius 2 is 2.06 bits per heavy atom. The largest absolute Gasteiger partial charge is 0.369 e. The molecule has 0 saturated carbocycles. The van der Waals surface area contributed by atoms with Crippen molar-refractivity contribution < 1.29 is 4.79 Å². The lowest BCUT2D eigenvalue weighted by Gasteiger charge is -2.09. The second-order valence-electron chi connectivity index (χ2n) is 3.76. The molecule has 2 aromatic rings. The number of amides is 1. The molecule has 17 heavy (non-hydrogen) atoms. The molecule has 88 valence electrons. The summed E-state index contributed by atoms with van der Waals surface area (Å²) < 4.78 is 0. The first-order chi connectivity index (χ1) is 8.08. The lowest BCUT2D eigenvalue weighted by molar-refractivity contribution is -0.117. The van der Waals surface area contributed by atoms with Gasteiger partial charge in [0.25, 0.3) is 0 Å². The molecule has 1 aromatic heterocycles. The first-order valence-corrected chi connectivity index (χ1v) is 6.15. The SMILES string of the molecule is Cc1nc(SC(C)C(N)=O)c2ccccc2n1. The average Bonchev–Trinajstić information content (AvgIpc) is 2.28. The van der Waals surface area contributed by atoms with Gasteiger partial charge in [0.15, 0.2) is 0 Å². The van der Waals surface area contributed by atoms with Crippen LogP contribution in [-0.4, -0.2) is 21.1 Å². The number of carbonyl (C=O) groups excluding carboxylic acids is 1. The van der Waals surface area contributed by atoms with E-state index in [1.54, 1.807) is 6.92 Å². The average molecular weight is 247 g/mol. The van der Waals surface area contributed by atoms with Gasteiger partial charge in [0.2, 0.25) is 5.91 Å². The molecule has 0 fully saturated rings. The van der Waals surface area contributed by atoms with E-state index in [2.05, 4.69) is 9.97 Å². The first kappa shape index (κ1) is 11.9. The van der Waals surface area contributed by atoms with Crippen molar-refractivity contribution in [2.24, 2.45) is 5.73 Å². The van der Waals surface area contributed by atoms with E-state index in [0.29, 0.717) is 5.82 Å². The van der Waals surface area contributed by atoms with Gasteiger partial charge in [-0.2, -0.15) is 0 Å². The zero-order valence-electron chi connectivity index (χ0n) is 9.68.